The van der Waals surface area contributed by atoms with Crippen molar-refractivity contribution in [3.05, 3.63) is 23.8 Å². The third-order valence-corrected chi connectivity index (χ3v) is 3.83. The van der Waals surface area contributed by atoms with Crippen molar-refractivity contribution in [1.29, 1.82) is 0 Å². The van der Waals surface area contributed by atoms with Gasteiger partial charge in [0.1, 0.15) is 0 Å². The Balaban J connectivity index is 2.19. The maximum absolute atomic E-state index is 12.5. The van der Waals surface area contributed by atoms with Gasteiger partial charge >= 0.3 is 0 Å². The zero-order chi connectivity index (χ0) is 13.8. The number of nitrogens with one attached hydrogen (secondary N) is 2. The molecule has 0 bridgehead atoms. The molecule has 0 aromatic heterocycles. The van der Waals surface area contributed by atoms with Gasteiger partial charge in [-0.3, -0.25) is 4.79 Å². The molecule has 1 heterocycles. The fourth-order valence-electron chi connectivity index (χ4n) is 2.58. The summed E-state index contributed by atoms with van der Waals surface area (Å²) in [7, 11) is 1.89. The van der Waals surface area contributed by atoms with Crippen LogP contribution in [-0.2, 0) is 0 Å². The summed E-state index contributed by atoms with van der Waals surface area (Å²) in [5, 5.41) is 6.64. The molecule has 0 atom stereocenters. The summed E-state index contributed by atoms with van der Waals surface area (Å²) in [6.07, 6.45) is 1.98. The lowest BCUT2D eigenvalue weighted by atomic mass is 10.1. The van der Waals surface area contributed by atoms with E-state index in [0.29, 0.717) is 6.04 Å². The molecule has 0 aliphatic carbocycles. The topological polar surface area (TPSA) is 44.4 Å². The zero-order valence-corrected chi connectivity index (χ0v) is 12.0. The van der Waals surface area contributed by atoms with E-state index in [1.807, 2.05) is 30.1 Å². The average Bonchev–Trinajstić information content (AvgIpc) is 2.47. The fourth-order valence-corrected chi connectivity index (χ4v) is 2.58. The van der Waals surface area contributed by atoms with Gasteiger partial charge in [-0.25, -0.2) is 0 Å². The second-order valence-corrected chi connectivity index (χ2v) is 5.00. The number of benzene rings is 1. The summed E-state index contributed by atoms with van der Waals surface area (Å²) < 4.78 is 0. The first kappa shape index (κ1) is 13.7. The van der Waals surface area contributed by atoms with E-state index in [2.05, 4.69) is 24.5 Å². The predicted molar refractivity (Wildman–Crippen MR) is 79.9 cm³/mol. The number of carbonyl (C=O) groups excluding carboxylic acids is 1. The number of carbonyl (C=O) groups is 1. The molecule has 0 saturated carbocycles. The van der Waals surface area contributed by atoms with Gasteiger partial charge in [0, 0.05) is 31.7 Å². The van der Waals surface area contributed by atoms with E-state index in [1.54, 1.807) is 0 Å². The van der Waals surface area contributed by atoms with E-state index in [1.165, 1.54) is 0 Å². The van der Waals surface area contributed by atoms with Crippen molar-refractivity contribution in [3.8, 4) is 0 Å². The van der Waals surface area contributed by atoms with Crippen LogP contribution in [0.15, 0.2) is 18.2 Å². The lowest BCUT2D eigenvalue weighted by molar-refractivity contribution is 0.0724. The lowest BCUT2D eigenvalue weighted by Crippen LogP contribution is -2.36. The molecule has 1 amide bonds. The summed E-state index contributed by atoms with van der Waals surface area (Å²) in [6.45, 7) is 6.06. The van der Waals surface area contributed by atoms with Crippen LogP contribution >= 0.6 is 0 Å². The van der Waals surface area contributed by atoms with E-state index in [9.17, 15) is 4.79 Å². The second-order valence-electron chi connectivity index (χ2n) is 5.00. The highest BCUT2D eigenvalue weighted by Gasteiger charge is 2.19. The van der Waals surface area contributed by atoms with Crippen molar-refractivity contribution in [3.63, 3.8) is 0 Å². The molecule has 2 N–H and O–H groups in total. The standard InChI is InChI=1S/C15H23N3O/c1-4-12(5-2)18(3)15(19)11-6-7-13-14(10-11)17-9-8-16-13/h6-7,10,12,16-17H,4-5,8-9H2,1-3H3. The van der Waals surface area contributed by atoms with Crippen LogP contribution in [0.25, 0.3) is 0 Å². The highest BCUT2D eigenvalue weighted by Crippen LogP contribution is 2.26. The molecule has 0 spiro atoms. The molecule has 1 aromatic rings. The largest absolute Gasteiger partial charge is 0.382 e. The van der Waals surface area contributed by atoms with Gasteiger partial charge in [0.15, 0.2) is 0 Å². The van der Waals surface area contributed by atoms with E-state index < -0.39 is 0 Å². The van der Waals surface area contributed by atoms with Crippen LogP contribution in [0.4, 0.5) is 11.4 Å². The smallest absolute Gasteiger partial charge is 0.253 e. The minimum Gasteiger partial charge on any atom is -0.382 e. The maximum Gasteiger partial charge on any atom is 0.253 e. The Labute approximate surface area is 115 Å². The van der Waals surface area contributed by atoms with Crippen molar-refractivity contribution in [2.45, 2.75) is 32.7 Å². The highest BCUT2D eigenvalue weighted by molar-refractivity contribution is 5.96. The van der Waals surface area contributed by atoms with Crippen LogP contribution in [0.5, 0.6) is 0 Å². The lowest BCUT2D eigenvalue weighted by Gasteiger charge is -2.27. The first-order valence-electron chi connectivity index (χ1n) is 7.06. The van der Waals surface area contributed by atoms with E-state index in [0.717, 1.165) is 42.9 Å². The molecular formula is C15H23N3O. The average molecular weight is 261 g/mol. The molecule has 2 rings (SSSR count). The van der Waals surface area contributed by atoms with Crippen LogP contribution in [0.2, 0.25) is 0 Å². The molecular weight excluding hydrogens is 238 g/mol. The zero-order valence-electron chi connectivity index (χ0n) is 12.0. The summed E-state index contributed by atoms with van der Waals surface area (Å²) in [4.78, 5) is 14.3. The van der Waals surface area contributed by atoms with Crippen molar-refractivity contribution in [1.82, 2.24) is 4.90 Å². The molecule has 104 valence electrons. The van der Waals surface area contributed by atoms with E-state index in [-0.39, 0.29) is 5.91 Å². The van der Waals surface area contributed by atoms with E-state index in [4.69, 9.17) is 0 Å². The highest BCUT2D eigenvalue weighted by atomic mass is 16.2. The summed E-state index contributed by atoms with van der Waals surface area (Å²) in [5.41, 5.74) is 2.85. The third kappa shape index (κ3) is 2.83. The number of amides is 1. The molecule has 0 saturated heterocycles. The molecule has 1 aromatic carbocycles. The number of hydrogen-bond donors (Lipinski definition) is 2. The van der Waals surface area contributed by atoms with Gasteiger partial charge in [0.25, 0.3) is 5.91 Å². The van der Waals surface area contributed by atoms with Crippen molar-refractivity contribution in [2.75, 3.05) is 30.8 Å². The SMILES string of the molecule is CCC(CC)N(C)C(=O)c1ccc2c(c1)NCCN2. The first-order valence-corrected chi connectivity index (χ1v) is 7.06. The van der Waals surface area contributed by atoms with Crippen LogP contribution in [-0.4, -0.2) is 37.0 Å². The van der Waals surface area contributed by atoms with Gasteiger partial charge in [0.2, 0.25) is 0 Å². The van der Waals surface area contributed by atoms with Crippen LogP contribution in [0, 0.1) is 0 Å². The number of rotatable bonds is 4. The van der Waals surface area contributed by atoms with Gasteiger partial charge in [-0.15, -0.1) is 0 Å². The molecule has 0 fully saturated rings. The number of nitrogens with zero attached hydrogens (tertiary/aromatic N) is 1. The molecule has 19 heavy (non-hydrogen) atoms. The monoisotopic (exact) mass is 261 g/mol. The van der Waals surface area contributed by atoms with Crippen molar-refractivity contribution < 1.29 is 4.79 Å². The Morgan fingerprint density at radius 1 is 1.21 bits per heavy atom. The van der Waals surface area contributed by atoms with Crippen LogP contribution in [0.3, 0.4) is 0 Å². The Morgan fingerprint density at radius 2 is 1.84 bits per heavy atom. The third-order valence-electron chi connectivity index (χ3n) is 3.83. The fraction of sp³-hybridized carbons (Fsp3) is 0.533. The summed E-state index contributed by atoms with van der Waals surface area (Å²) >= 11 is 0. The molecule has 1 aliphatic heterocycles. The Bertz CT molecular complexity index is 455. The molecule has 4 nitrogen and oxygen atoms in total. The number of fused-ring (bicyclic) bond motifs is 1. The van der Waals surface area contributed by atoms with Gasteiger partial charge in [-0.05, 0) is 31.0 Å². The van der Waals surface area contributed by atoms with Crippen molar-refractivity contribution in [2.24, 2.45) is 0 Å². The molecule has 1 aliphatic rings. The Morgan fingerprint density at radius 3 is 2.47 bits per heavy atom. The van der Waals surface area contributed by atoms with Gasteiger partial charge in [-0.1, -0.05) is 13.8 Å². The van der Waals surface area contributed by atoms with Gasteiger partial charge in [0.05, 0.1) is 11.4 Å². The van der Waals surface area contributed by atoms with Crippen LogP contribution < -0.4 is 10.6 Å². The molecule has 0 radical (unpaired) electrons. The molecule has 4 heteroatoms. The van der Waals surface area contributed by atoms with Crippen molar-refractivity contribution >= 4 is 17.3 Å². The quantitative estimate of drug-likeness (QED) is 0.876. The molecule has 0 unspecified atom stereocenters. The van der Waals surface area contributed by atoms with Gasteiger partial charge < -0.3 is 15.5 Å². The summed E-state index contributed by atoms with van der Waals surface area (Å²) in [5.74, 6) is 0.101. The summed E-state index contributed by atoms with van der Waals surface area (Å²) in [6, 6.07) is 6.15. The van der Waals surface area contributed by atoms with Crippen LogP contribution in [0.1, 0.15) is 37.0 Å². The minimum atomic E-state index is 0.101. The number of hydrogen-bond acceptors (Lipinski definition) is 3. The maximum atomic E-state index is 12.5. The second kappa shape index (κ2) is 5.95. The normalized spacial score (nSPS) is 13.5. The Hall–Kier alpha value is -1.71. The number of anilines is 2. The Kier molecular flexibility index (Phi) is 4.30. The predicted octanol–water partition coefficient (Wildman–Crippen LogP) is 2.78. The van der Waals surface area contributed by atoms with Gasteiger partial charge in [-0.2, -0.15) is 0 Å². The first-order chi connectivity index (χ1) is 9.17. The minimum absolute atomic E-state index is 0.101. The van der Waals surface area contributed by atoms with E-state index >= 15 is 0 Å².